The first kappa shape index (κ1) is 26.9. The maximum Gasteiger partial charge on any atom is 0.309 e. The van der Waals surface area contributed by atoms with Gasteiger partial charge in [-0.15, -0.1) is 0 Å². The second-order valence-electron chi connectivity index (χ2n) is 8.28. The predicted octanol–water partition coefficient (Wildman–Crippen LogP) is 7.15. The number of ether oxygens (including phenoxy) is 1. The summed E-state index contributed by atoms with van der Waals surface area (Å²) in [4.78, 5) is 24.1. The lowest BCUT2D eigenvalue weighted by Crippen LogP contribution is -2.30. The summed E-state index contributed by atoms with van der Waals surface area (Å²) in [6.45, 7) is 8.69. The van der Waals surface area contributed by atoms with Gasteiger partial charge in [-0.1, -0.05) is 79.1 Å². The van der Waals surface area contributed by atoms with Crippen molar-refractivity contribution in [3.63, 3.8) is 0 Å². The molecule has 1 unspecified atom stereocenters. The van der Waals surface area contributed by atoms with E-state index in [-0.39, 0.29) is 24.4 Å². The Morgan fingerprint density at radius 1 is 0.714 bits per heavy atom. The van der Waals surface area contributed by atoms with Gasteiger partial charge in [0.05, 0.1) is 5.92 Å². The molecular formula is C24H46O4. The lowest BCUT2D eigenvalue weighted by atomic mass is 9.81. The van der Waals surface area contributed by atoms with Crippen LogP contribution in [0.5, 0.6) is 0 Å². The van der Waals surface area contributed by atoms with E-state index in [1.165, 1.54) is 0 Å². The summed E-state index contributed by atoms with van der Waals surface area (Å²) >= 11 is 0. The van der Waals surface area contributed by atoms with Gasteiger partial charge in [0.1, 0.15) is 6.10 Å². The highest BCUT2D eigenvalue weighted by molar-refractivity contribution is 5.73. The number of rotatable bonds is 19. The number of carboxylic acid groups (broad SMARTS) is 1. The molecule has 0 amide bonds. The Balaban J connectivity index is 5.15. The fourth-order valence-electron chi connectivity index (χ4n) is 3.88. The minimum Gasteiger partial charge on any atom is -0.481 e. The quantitative estimate of drug-likeness (QED) is 0.235. The van der Waals surface area contributed by atoms with Gasteiger partial charge >= 0.3 is 11.9 Å². The minimum absolute atomic E-state index is 0.0207. The topological polar surface area (TPSA) is 63.6 Å². The van der Waals surface area contributed by atoms with Gasteiger partial charge in [-0.3, -0.25) is 9.59 Å². The van der Waals surface area contributed by atoms with Crippen LogP contribution < -0.4 is 0 Å². The van der Waals surface area contributed by atoms with Crippen molar-refractivity contribution in [2.75, 3.05) is 0 Å². The van der Waals surface area contributed by atoms with E-state index in [9.17, 15) is 9.59 Å². The molecule has 0 radical (unpaired) electrons. The van der Waals surface area contributed by atoms with Crippen molar-refractivity contribution in [2.45, 2.75) is 130 Å². The molecule has 0 bridgehead atoms. The van der Waals surface area contributed by atoms with E-state index < -0.39 is 5.97 Å². The van der Waals surface area contributed by atoms with E-state index in [0.29, 0.717) is 18.8 Å². The zero-order valence-corrected chi connectivity index (χ0v) is 19.0. The second kappa shape index (κ2) is 18.0. The number of esters is 1. The molecule has 0 aliphatic rings. The normalized spacial score (nSPS) is 12.5. The van der Waals surface area contributed by atoms with Crippen molar-refractivity contribution in [3.05, 3.63) is 0 Å². The van der Waals surface area contributed by atoms with Gasteiger partial charge in [0, 0.05) is 6.42 Å². The summed E-state index contributed by atoms with van der Waals surface area (Å²) in [6, 6.07) is 0. The van der Waals surface area contributed by atoms with E-state index in [4.69, 9.17) is 9.84 Å². The van der Waals surface area contributed by atoms with Gasteiger partial charge in [0.15, 0.2) is 0 Å². The third kappa shape index (κ3) is 13.2. The fraction of sp³-hybridized carbons (Fsp3) is 0.917. The standard InChI is InChI=1S/C24H46O4/c1-5-9-14-20(15-10-6-2)22(18-13-19-23(25)26)24(27)28-21(16-11-7-3)17-12-8-4/h20-22H,5-19H2,1-4H3,(H,25,26). The fourth-order valence-corrected chi connectivity index (χ4v) is 3.88. The number of aliphatic carboxylic acids is 1. The number of carbonyl (C=O) groups is 2. The van der Waals surface area contributed by atoms with Crippen LogP contribution in [-0.2, 0) is 14.3 Å². The Bertz CT molecular complexity index is 378. The highest BCUT2D eigenvalue weighted by Crippen LogP contribution is 2.31. The van der Waals surface area contributed by atoms with E-state index in [1.54, 1.807) is 0 Å². The van der Waals surface area contributed by atoms with Gasteiger partial charge in [-0.2, -0.15) is 0 Å². The Hall–Kier alpha value is -1.06. The number of carbonyl (C=O) groups excluding carboxylic acids is 1. The number of hydrogen-bond donors (Lipinski definition) is 1. The minimum atomic E-state index is -0.783. The van der Waals surface area contributed by atoms with Gasteiger partial charge in [0.2, 0.25) is 0 Å². The molecule has 4 nitrogen and oxygen atoms in total. The number of carboxylic acids is 1. The van der Waals surface area contributed by atoms with Crippen LogP contribution in [0.15, 0.2) is 0 Å². The third-order valence-electron chi connectivity index (χ3n) is 5.68. The molecular weight excluding hydrogens is 352 g/mol. The second-order valence-corrected chi connectivity index (χ2v) is 8.28. The average molecular weight is 399 g/mol. The van der Waals surface area contributed by atoms with Crippen molar-refractivity contribution in [2.24, 2.45) is 11.8 Å². The largest absolute Gasteiger partial charge is 0.481 e. The molecule has 0 heterocycles. The van der Waals surface area contributed by atoms with Gasteiger partial charge in [-0.05, 0) is 44.4 Å². The lowest BCUT2D eigenvalue weighted by molar-refractivity contribution is -0.158. The summed E-state index contributed by atoms with van der Waals surface area (Å²) in [5, 5.41) is 9.01. The highest BCUT2D eigenvalue weighted by Gasteiger charge is 2.30. The first-order valence-electron chi connectivity index (χ1n) is 11.9. The molecule has 0 aliphatic carbocycles. The Kier molecular flexibility index (Phi) is 17.3. The van der Waals surface area contributed by atoms with E-state index >= 15 is 0 Å². The van der Waals surface area contributed by atoms with Crippen LogP contribution >= 0.6 is 0 Å². The van der Waals surface area contributed by atoms with Crippen LogP contribution in [0.3, 0.4) is 0 Å². The molecule has 4 heteroatoms. The van der Waals surface area contributed by atoms with Crippen molar-refractivity contribution < 1.29 is 19.4 Å². The maximum atomic E-state index is 13.2. The maximum absolute atomic E-state index is 13.2. The molecule has 0 spiro atoms. The Morgan fingerprint density at radius 3 is 1.61 bits per heavy atom. The monoisotopic (exact) mass is 398 g/mol. The van der Waals surface area contributed by atoms with Crippen molar-refractivity contribution >= 4 is 11.9 Å². The van der Waals surface area contributed by atoms with Crippen LogP contribution in [-0.4, -0.2) is 23.1 Å². The zero-order chi connectivity index (χ0) is 21.2. The molecule has 1 N–H and O–H groups in total. The Morgan fingerprint density at radius 2 is 1.18 bits per heavy atom. The molecule has 0 saturated heterocycles. The zero-order valence-electron chi connectivity index (χ0n) is 19.0. The van der Waals surface area contributed by atoms with Crippen molar-refractivity contribution in [1.82, 2.24) is 0 Å². The summed E-state index contributed by atoms with van der Waals surface area (Å²) in [7, 11) is 0. The Labute approximate surface area is 173 Å². The molecule has 0 aromatic rings. The summed E-state index contributed by atoms with van der Waals surface area (Å²) in [5.41, 5.74) is 0. The van der Waals surface area contributed by atoms with E-state index in [0.717, 1.165) is 77.0 Å². The first-order chi connectivity index (χ1) is 13.5. The third-order valence-corrected chi connectivity index (χ3v) is 5.68. The van der Waals surface area contributed by atoms with Crippen LogP contribution in [0.4, 0.5) is 0 Å². The number of unbranched alkanes of at least 4 members (excludes halogenated alkanes) is 4. The summed E-state index contributed by atoms with van der Waals surface area (Å²) in [6.07, 6.45) is 14.2. The smallest absolute Gasteiger partial charge is 0.309 e. The predicted molar refractivity (Wildman–Crippen MR) is 116 cm³/mol. The number of hydrogen-bond acceptors (Lipinski definition) is 3. The van der Waals surface area contributed by atoms with E-state index in [1.807, 2.05) is 0 Å². The molecule has 1 atom stereocenters. The average Bonchev–Trinajstić information content (AvgIpc) is 2.67. The van der Waals surface area contributed by atoms with Gasteiger partial charge < -0.3 is 9.84 Å². The lowest BCUT2D eigenvalue weighted by Gasteiger charge is -2.28. The van der Waals surface area contributed by atoms with Crippen LogP contribution in [0.1, 0.15) is 124 Å². The molecule has 0 aliphatic heterocycles. The van der Waals surface area contributed by atoms with Crippen molar-refractivity contribution in [1.29, 1.82) is 0 Å². The SMILES string of the molecule is CCCCC(CCCC)OC(=O)C(CCCC(=O)O)C(CCCC)CCCC. The molecule has 28 heavy (non-hydrogen) atoms. The van der Waals surface area contributed by atoms with Gasteiger partial charge in [0.25, 0.3) is 0 Å². The molecule has 0 rings (SSSR count). The molecule has 0 aromatic carbocycles. The molecule has 0 aromatic heterocycles. The van der Waals surface area contributed by atoms with Gasteiger partial charge in [-0.25, -0.2) is 0 Å². The van der Waals surface area contributed by atoms with E-state index in [2.05, 4.69) is 27.7 Å². The summed E-state index contributed by atoms with van der Waals surface area (Å²) < 4.78 is 6.03. The van der Waals surface area contributed by atoms with Crippen LogP contribution in [0, 0.1) is 11.8 Å². The first-order valence-corrected chi connectivity index (χ1v) is 11.9. The molecule has 0 fully saturated rings. The molecule has 166 valence electrons. The van der Waals surface area contributed by atoms with Crippen LogP contribution in [0.25, 0.3) is 0 Å². The summed E-state index contributed by atoms with van der Waals surface area (Å²) in [5.74, 6) is -0.684. The van der Waals surface area contributed by atoms with Crippen LogP contribution in [0.2, 0.25) is 0 Å². The van der Waals surface area contributed by atoms with Crippen molar-refractivity contribution in [3.8, 4) is 0 Å². The highest BCUT2D eigenvalue weighted by atomic mass is 16.5. The molecule has 0 saturated carbocycles.